The van der Waals surface area contributed by atoms with Crippen LogP contribution in [0, 0.1) is 22.7 Å². The Kier molecular flexibility index (Phi) is 7.74. The molecule has 7 aromatic rings. The van der Waals surface area contributed by atoms with Gasteiger partial charge >= 0.3 is 0 Å². The molecule has 0 saturated heterocycles. The molecule has 0 atom stereocenters. The van der Waals surface area contributed by atoms with E-state index in [-0.39, 0.29) is 10.8 Å². The van der Waals surface area contributed by atoms with E-state index in [1.54, 1.807) is 18.2 Å². The van der Waals surface area contributed by atoms with Gasteiger partial charge in [-0.3, -0.25) is 0 Å². The number of aromatic nitrogens is 1. The van der Waals surface area contributed by atoms with Crippen LogP contribution in [0.4, 0.5) is 0 Å². The van der Waals surface area contributed by atoms with E-state index in [9.17, 15) is 10.5 Å². The van der Waals surface area contributed by atoms with E-state index in [1.807, 2.05) is 24.3 Å². The molecule has 3 nitrogen and oxygen atoms in total. The van der Waals surface area contributed by atoms with Crippen molar-refractivity contribution in [3.8, 4) is 51.2 Å². The maximum atomic E-state index is 10.3. The van der Waals surface area contributed by atoms with Crippen molar-refractivity contribution < 1.29 is 0 Å². The van der Waals surface area contributed by atoms with E-state index in [0.29, 0.717) is 16.7 Å². The summed E-state index contributed by atoms with van der Waals surface area (Å²) < 4.78 is 2.41. The quantitative estimate of drug-likeness (QED) is 0.194. The molecular formula is C46H39N3. The molecule has 0 fully saturated rings. The minimum absolute atomic E-state index is 0.00579. The molecule has 0 bridgehead atoms. The van der Waals surface area contributed by atoms with Gasteiger partial charge in [-0.25, -0.2) is 0 Å². The predicted molar refractivity (Wildman–Crippen MR) is 204 cm³/mol. The standard InChI is InChI=1S/C46H39N3/c1-45(2,3)34-20-22-41-38(24-34)39-25-35(46(4,5)6)21-23-42(39)49(41)43-27-36(30-14-9-7-10-15-30)40(26-37(43)31-16-11-8-12-17-31)44-32(28-47)18-13-19-33(44)29-48/h7-27H,1-6H3. The third-order valence-corrected chi connectivity index (χ3v) is 9.62. The summed E-state index contributed by atoms with van der Waals surface area (Å²) in [7, 11) is 0. The van der Waals surface area contributed by atoms with Crippen molar-refractivity contribution in [1.82, 2.24) is 4.57 Å². The molecule has 0 aliphatic heterocycles. The van der Waals surface area contributed by atoms with Crippen LogP contribution in [-0.4, -0.2) is 4.57 Å². The largest absolute Gasteiger partial charge is 0.309 e. The van der Waals surface area contributed by atoms with Gasteiger partial charge in [-0.1, -0.05) is 120 Å². The first kappa shape index (κ1) is 31.7. The van der Waals surface area contributed by atoms with Gasteiger partial charge in [0.1, 0.15) is 0 Å². The van der Waals surface area contributed by atoms with Crippen molar-refractivity contribution in [2.45, 2.75) is 52.4 Å². The monoisotopic (exact) mass is 633 g/mol. The molecular weight excluding hydrogens is 595 g/mol. The molecule has 0 aliphatic rings. The number of nitrogens with zero attached hydrogens (tertiary/aromatic N) is 3. The summed E-state index contributed by atoms with van der Waals surface area (Å²) in [6.45, 7) is 13.6. The molecule has 0 aliphatic carbocycles. The van der Waals surface area contributed by atoms with Crippen LogP contribution in [0.5, 0.6) is 0 Å². The van der Waals surface area contributed by atoms with Gasteiger partial charge in [0, 0.05) is 21.9 Å². The van der Waals surface area contributed by atoms with Crippen molar-refractivity contribution in [1.29, 1.82) is 10.5 Å². The highest BCUT2D eigenvalue weighted by Crippen LogP contribution is 2.45. The van der Waals surface area contributed by atoms with Gasteiger partial charge in [0.2, 0.25) is 0 Å². The highest BCUT2D eigenvalue weighted by Gasteiger charge is 2.25. The lowest BCUT2D eigenvalue weighted by atomic mass is 9.85. The van der Waals surface area contributed by atoms with Crippen LogP contribution in [0.1, 0.15) is 63.8 Å². The molecule has 0 amide bonds. The Labute approximate surface area is 289 Å². The number of nitriles is 2. The Bertz CT molecular complexity index is 2350. The fraction of sp³-hybridized carbons (Fsp3) is 0.174. The molecule has 49 heavy (non-hydrogen) atoms. The molecule has 1 heterocycles. The number of fused-ring (bicyclic) bond motifs is 3. The highest BCUT2D eigenvalue weighted by molar-refractivity contribution is 6.11. The van der Waals surface area contributed by atoms with Gasteiger partial charge in [-0.2, -0.15) is 10.5 Å². The number of hydrogen-bond acceptors (Lipinski definition) is 2. The van der Waals surface area contributed by atoms with E-state index in [2.05, 4.69) is 143 Å². The molecule has 3 heteroatoms. The van der Waals surface area contributed by atoms with E-state index < -0.39 is 0 Å². The average Bonchev–Trinajstić information content (AvgIpc) is 3.43. The molecule has 0 radical (unpaired) electrons. The summed E-state index contributed by atoms with van der Waals surface area (Å²) in [5.74, 6) is 0. The van der Waals surface area contributed by atoms with Crippen LogP contribution in [0.2, 0.25) is 0 Å². The van der Waals surface area contributed by atoms with Gasteiger partial charge in [-0.15, -0.1) is 0 Å². The lowest BCUT2D eigenvalue weighted by Gasteiger charge is -2.22. The third-order valence-electron chi connectivity index (χ3n) is 9.62. The lowest BCUT2D eigenvalue weighted by molar-refractivity contribution is 0.590. The Morgan fingerprint density at radius 1 is 0.469 bits per heavy atom. The zero-order valence-corrected chi connectivity index (χ0v) is 29.0. The first-order valence-electron chi connectivity index (χ1n) is 16.8. The van der Waals surface area contributed by atoms with Crippen LogP contribution in [-0.2, 0) is 10.8 Å². The second-order valence-electron chi connectivity index (χ2n) is 14.9. The Morgan fingerprint density at radius 2 is 0.939 bits per heavy atom. The van der Waals surface area contributed by atoms with Crippen LogP contribution >= 0.6 is 0 Å². The van der Waals surface area contributed by atoms with E-state index >= 15 is 0 Å². The van der Waals surface area contributed by atoms with Gasteiger partial charge in [0.05, 0.1) is 40.0 Å². The Morgan fingerprint density at radius 3 is 1.39 bits per heavy atom. The van der Waals surface area contributed by atoms with E-state index in [0.717, 1.165) is 44.5 Å². The van der Waals surface area contributed by atoms with Gasteiger partial charge < -0.3 is 4.57 Å². The van der Waals surface area contributed by atoms with Crippen molar-refractivity contribution in [3.63, 3.8) is 0 Å². The van der Waals surface area contributed by atoms with Crippen molar-refractivity contribution >= 4 is 21.8 Å². The molecule has 6 aromatic carbocycles. The molecule has 1 aromatic heterocycles. The van der Waals surface area contributed by atoms with Crippen LogP contribution in [0.15, 0.2) is 127 Å². The summed E-state index contributed by atoms with van der Waals surface area (Å²) in [4.78, 5) is 0. The molecule has 0 spiro atoms. The SMILES string of the molecule is CC(C)(C)c1ccc2c(c1)c1cc(C(C)(C)C)ccc1n2-c1cc(-c2ccccc2)c(-c2c(C#N)cccc2C#N)cc1-c1ccccc1. The summed E-state index contributed by atoms with van der Waals surface area (Å²) >= 11 is 0. The van der Waals surface area contributed by atoms with Gasteiger partial charge in [-0.05, 0) is 92.7 Å². The fourth-order valence-corrected chi connectivity index (χ4v) is 6.93. The summed E-state index contributed by atoms with van der Waals surface area (Å²) in [6.07, 6.45) is 0. The summed E-state index contributed by atoms with van der Waals surface area (Å²) in [5, 5.41) is 23.0. The maximum Gasteiger partial charge on any atom is 0.0998 e. The molecule has 0 saturated carbocycles. The van der Waals surface area contributed by atoms with Gasteiger partial charge in [0.15, 0.2) is 0 Å². The van der Waals surface area contributed by atoms with Crippen LogP contribution < -0.4 is 0 Å². The average molecular weight is 634 g/mol. The highest BCUT2D eigenvalue weighted by atomic mass is 15.0. The minimum atomic E-state index is -0.00579. The summed E-state index contributed by atoms with van der Waals surface area (Å²) in [5.41, 5.74) is 12.4. The normalized spacial score (nSPS) is 11.8. The van der Waals surface area contributed by atoms with Crippen LogP contribution in [0.3, 0.4) is 0 Å². The zero-order chi connectivity index (χ0) is 34.5. The fourth-order valence-electron chi connectivity index (χ4n) is 6.93. The molecule has 238 valence electrons. The Balaban J connectivity index is 1.67. The maximum absolute atomic E-state index is 10.3. The topological polar surface area (TPSA) is 52.5 Å². The van der Waals surface area contributed by atoms with Crippen molar-refractivity contribution in [3.05, 3.63) is 150 Å². The molecule has 0 unspecified atom stereocenters. The third kappa shape index (κ3) is 5.58. The Hall–Kier alpha value is -5.90. The van der Waals surface area contributed by atoms with Crippen LogP contribution in [0.25, 0.3) is 60.9 Å². The number of rotatable bonds is 4. The molecule has 0 N–H and O–H groups in total. The summed E-state index contributed by atoms with van der Waals surface area (Å²) in [6, 6.07) is 49.1. The predicted octanol–water partition coefficient (Wildman–Crippen LogP) is 12.1. The molecule has 7 rings (SSSR count). The van der Waals surface area contributed by atoms with E-state index in [4.69, 9.17) is 0 Å². The number of hydrogen-bond donors (Lipinski definition) is 0. The number of benzene rings is 6. The first-order chi connectivity index (χ1) is 23.5. The second-order valence-corrected chi connectivity index (χ2v) is 14.9. The van der Waals surface area contributed by atoms with E-state index in [1.165, 1.54) is 21.9 Å². The zero-order valence-electron chi connectivity index (χ0n) is 29.0. The first-order valence-corrected chi connectivity index (χ1v) is 16.8. The smallest absolute Gasteiger partial charge is 0.0998 e. The van der Waals surface area contributed by atoms with Gasteiger partial charge in [0.25, 0.3) is 0 Å². The van der Waals surface area contributed by atoms with Crippen molar-refractivity contribution in [2.75, 3.05) is 0 Å². The van der Waals surface area contributed by atoms with Crippen molar-refractivity contribution in [2.24, 2.45) is 0 Å². The minimum Gasteiger partial charge on any atom is -0.309 e. The second kappa shape index (κ2) is 12.0. The lowest BCUT2D eigenvalue weighted by Crippen LogP contribution is -2.10.